The molecule has 28 heavy (non-hydrogen) atoms. The number of amides is 1. The predicted octanol–water partition coefficient (Wildman–Crippen LogP) is 3.50. The Balaban J connectivity index is 1.34. The maximum atomic E-state index is 13.0. The Labute approximate surface area is 169 Å². The molecular formula is C22H27N3O2S. The van der Waals surface area contributed by atoms with Crippen molar-refractivity contribution in [1.29, 1.82) is 0 Å². The van der Waals surface area contributed by atoms with E-state index in [1.54, 1.807) is 17.7 Å². The van der Waals surface area contributed by atoms with Crippen LogP contribution in [0.4, 0.5) is 0 Å². The lowest BCUT2D eigenvalue weighted by molar-refractivity contribution is -0.126. The van der Waals surface area contributed by atoms with E-state index in [1.807, 2.05) is 25.1 Å². The molecule has 148 valence electrons. The van der Waals surface area contributed by atoms with Crippen LogP contribution in [-0.2, 0) is 11.8 Å². The standard InChI is InChI=1S/C22H27N3O2S/c1-13(28-21-23-18-6-4-3-5-17(18)20(27)25(21)2)19(26)24-22-10-14-7-15(11-22)9-16(8-14)12-22/h3-6,13-16H,7-12H2,1-2H3,(H,24,26)/t13-,14?,15?,16?,22?/m1/s1. The maximum absolute atomic E-state index is 13.0. The molecule has 2 aromatic rings. The van der Waals surface area contributed by atoms with E-state index in [0.717, 1.165) is 37.0 Å². The second-order valence-corrected chi connectivity index (χ2v) is 10.5. The molecule has 0 spiro atoms. The molecule has 5 nitrogen and oxygen atoms in total. The summed E-state index contributed by atoms with van der Waals surface area (Å²) in [4.78, 5) is 30.3. The fourth-order valence-corrected chi connectivity index (χ4v) is 7.02. The largest absolute Gasteiger partial charge is 0.350 e. The molecule has 6 rings (SSSR count). The summed E-state index contributed by atoms with van der Waals surface area (Å²) >= 11 is 1.38. The van der Waals surface area contributed by atoms with E-state index in [1.165, 1.54) is 31.0 Å². The van der Waals surface area contributed by atoms with Crippen LogP contribution >= 0.6 is 11.8 Å². The van der Waals surface area contributed by atoms with Gasteiger partial charge in [-0.3, -0.25) is 14.2 Å². The van der Waals surface area contributed by atoms with Gasteiger partial charge in [0, 0.05) is 12.6 Å². The van der Waals surface area contributed by atoms with E-state index in [0.29, 0.717) is 16.1 Å². The third kappa shape index (κ3) is 3.06. The summed E-state index contributed by atoms with van der Waals surface area (Å²) in [6.45, 7) is 1.92. The maximum Gasteiger partial charge on any atom is 0.261 e. The molecule has 4 aliphatic carbocycles. The average Bonchev–Trinajstić information content (AvgIpc) is 2.64. The number of carbonyl (C=O) groups is 1. The summed E-state index contributed by atoms with van der Waals surface area (Å²) in [5.74, 6) is 2.49. The summed E-state index contributed by atoms with van der Waals surface area (Å²) in [6.07, 6.45) is 7.53. The molecule has 4 aliphatic rings. The van der Waals surface area contributed by atoms with Gasteiger partial charge in [-0.2, -0.15) is 0 Å². The van der Waals surface area contributed by atoms with Crippen molar-refractivity contribution in [2.24, 2.45) is 24.8 Å². The zero-order valence-electron chi connectivity index (χ0n) is 16.5. The molecule has 4 fully saturated rings. The molecule has 4 bridgehead atoms. The van der Waals surface area contributed by atoms with Crippen LogP contribution in [-0.4, -0.2) is 26.2 Å². The van der Waals surface area contributed by atoms with Gasteiger partial charge in [-0.25, -0.2) is 4.98 Å². The van der Waals surface area contributed by atoms with Crippen molar-refractivity contribution in [3.05, 3.63) is 34.6 Å². The highest BCUT2D eigenvalue weighted by Crippen LogP contribution is 2.55. The minimum absolute atomic E-state index is 0.0172. The van der Waals surface area contributed by atoms with Gasteiger partial charge >= 0.3 is 0 Å². The molecule has 1 amide bonds. The van der Waals surface area contributed by atoms with E-state index in [9.17, 15) is 9.59 Å². The van der Waals surface area contributed by atoms with Gasteiger partial charge in [-0.15, -0.1) is 0 Å². The smallest absolute Gasteiger partial charge is 0.261 e. The predicted molar refractivity (Wildman–Crippen MR) is 111 cm³/mol. The molecule has 6 heteroatoms. The van der Waals surface area contributed by atoms with Crippen molar-refractivity contribution in [1.82, 2.24) is 14.9 Å². The molecule has 1 aromatic heterocycles. The minimum Gasteiger partial charge on any atom is -0.350 e. The lowest BCUT2D eigenvalue weighted by atomic mass is 9.53. The Kier molecular flexibility index (Phi) is 4.30. The highest BCUT2D eigenvalue weighted by Gasteiger charge is 2.51. The SMILES string of the molecule is C[C@@H](Sc1nc2ccccc2c(=O)n1C)C(=O)NC12CC3CC(CC(C3)C1)C2. The number of nitrogens with zero attached hydrogens (tertiary/aromatic N) is 2. The second kappa shape index (κ2) is 6.61. The summed E-state index contributed by atoms with van der Waals surface area (Å²) in [5.41, 5.74) is 0.632. The second-order valence-electron chi connectivity index (χ2n) is 9.22. The van der Waals surface area contributed by atoms with Gasteiger partial charge in [0.2, 0.25) is 5.91 Å². The van der Waals surface area contributed by atoms with Crippen molar-refractivity contribution in [2.45, 2.75) is 61.4 Å². The lowest BCUT2D eigenvalue weighted by Gasteiger charge is -2.57. The van der Waals surface area contributed by atoms with E-state index in [-0.39, 0.29) is 22.3 Å². The van der Waals surface area contributed by atoms with Gasteiger partial charge in [-0.1, -0.05) is 23.9 Å². The number of fused-ring (bicyclic) bond motifs is 1. The molecule has 1 aromatic carbocycles. The first-order valence-corrected chi connectivity index (χ1v) is 11.2. The van der Waals surface area contributed by atoms with Crippen LogP contribution in [0.2, 0.25) is 0 Å². The van der Waals surface area contributed by atoms with Gasteiger partial charge in [0.1, 0.15) is 0 Å². The van der Waals surface area contributed by atoms with Crippen molar-refractivity contribution in [3.63, 3.8) is 0 Å². The lowest BCUT2D eigenvalue weighted by Crippen LogP contribution is -2.60. The summed E-state index contributed by atoms with van der Waals surface area (Å²) in [6, 6.07) is 7.37. The number of hydrogen-bond acceptors (Lipinski definition) is 4. The first-order chi connectivity index (χ1) is 13.4. The van der Waals surface area contributed by atoms with Crippen LogP contribution in [0.3, 0.4) is 0 Å². The Bertz CT molecular complexity index is 964. The normalized spacial score (nSPS) is 31.9. The highest BCUT2D eigenvalue weighted by atomic mass is 32.2. The monoisotopic (exact) mass is 397 g/mol. The first kappa shape index (κ1) is 18.2. The Morgan fingerprint density at radius 3 is 2.43 bits per heavy atom. The number of para-hydroxylation sites is 1. The van der Waals surface area contributed by atoms with Crippen LogP contribution in [0.1, 0.15) is 45.4 Å². The van der Waals surface area contributed by atoms with Gasteiger partial charge in [0.05, 0.1) is 16.2 Å². The molecule has 0 unspecified atom stereocenters. The molecule has 1 atom stereocenters. The van der Waals surface area contributed by atoms with Gasteiger partial charge in [0.25, 0.3) is 5.56 Å². The van der Waals surface area contributed by atoms with Crippen molar-refractivity contribution in [3.8, 4) is 0 Å². The molecule has 4 saturated carbocycles. The van der Waals surface area contributed by atoms with Crippen LogP contribution in [0.25, 0.3) is 10.9 Å². The topological polar surface area (TPSA) is 64.0 Å². The number of aromatic nitrogens is 2. The zero-order valence-corrected chi connectivity index (χ0v) is 17.3. The summed E-state index contributed by atoms with van der Waals surface area (Å²) < 4.78 is 1.56. The van der Waals surface area contributed by atoms with E-state index in [2.05, 4.69) is 10.3 Å². The van der Waals surface area contributed by atoms with E-state index < -0.39 is 0 Å². The number of carbonyl (C=O) groups excluding carboxylic acids is 1. The number of benzene rings is 1. The summed E-state index contributed by atoms with van der Waals surface area (Å²) in [5, 5.41) is 4.36. The van der Waals surface area contributed by atoms with Crippen molar-refractivity contribution in [2.75, 3.05) is 0 Å². The van der Waals surface area contributed by atoms with Crippen LogP contribution in [0, 0.1) is 17.8 Å². The van der Waals surface area contributed by atoms with Crippen LogP contribution < -0.4 is 10.9 Å². The number of hydrogen-bond donors (Lipinski definition) is 1. The van der Waals surface area contributed by atoms with Crippen molar-refractivity contribution < 1.29 is 4.79 Å². The Hall–Kier alpha value is -1.82. The Morgan fingerprint density at radius 1 is 1.18 bits per heavy atom. The fourth-order valence-electron chi connectivity index (χ4n) is 6.14. The average molecular weight is 398 g/mol. The van der Waals surface area contributed by atoms with Crippen molar-refractivity contribution >= 4 is 28.6 Å². The molecule has 1 N–H and O–H groups in total. The highest BCUT2D eigenvalue weighted by molar-refractivity contribution is 8.00. The molecular weight excluding hydrogens is 370 g/mol. The number of thioether (sulfide) groups is 1. The number of rotatable bonds is 4. The molecule has 0 saturated heterocycles. The fraction of sp³-hybridized carbons (Fsp3) is 0.591. The summed E-state index contributed by atoms with van der Waals surface area (Å²) in [7, 11) is 1.73. The van der Waals surface area contributed by atoms with Gasteiger partial charge in [-0.05, 0) is 75.3 Å². The molecule has 0 radical (unpaired) electrons. The van der Waals surface area contributed by atoms with Crippen LogP contribution in [0.5, 0.6) is 0 Å². The van der Waals surface area contributed by atoms with E-state index >= 15 is 0 Å². The minimum atomic E-state index is -0.285. The van der Waals surface area contributed by atoms with Gasteiger partial charge in [0.15, 0.2) is 5.16 Å². The third-order valence-corrected chi connectivity index (χ3v) is 8.16. The van der Waals surface area contributed by atoms with Crippen LogP contribution in [0.15, 0.2) is 34.2 Å². The number of nitrogens with one attached hydrogen (secondary N) is 1. The quantitative estimate of drug-likeness (QED) is 0.634. The third-order valence-electron chi connectivity index (χ3n) is 7.02. The zero-order chi connectivity index (χ0) is 19.5. The van der Waals surface area contributed by atoms with Gasteiger partial charge < -0.3 is 5.32 Å². The van der Waals surface area contributed by atoms with E-state index in [4.69, 9.17) is 0 Å². The first-order valence-electron chi connectivity index (χ1n) is 10.4. The molecule has 0 aliphatic heterocycles. The Morgan fingerprint density at radius 2 is 1.79 bits per heavy atom. The molecule has 1 heterocycles.